The lowest BCUT2D eigenvalue weighted by atomic mass is 10.1. The van der Waals surface area contributed by atoms with E-state index in [1.165, 1.54) is 18.2 Å². The van der Waals surface area contributed by atoms with Gasteiger partial charge in [0.1, 0.15) is 11.8 Å². The third-order valence-electron chi connectivity index (χ3n) is 5.52. The van der Waals surface area contributed by atoms with Crippen molar-refractivity contribution in [3.05, 3.63) is 59.9 Å². The SMILES string of the molecule is CCC(C)OC1C(C(=O)OC(C#N)c2ccc(F)c(Oc3ccccc3)c2)C1(C)C. The summed E-state index contributed by atoms with van der Waals surface area (Å²) in [7, 11) is 0. The number of hydrogen-bond donors (Lipinski definition) is 0. The summed E-state index contributed by atoms with van der Waals surface area (Å²) in [5, 5.41) is 9.57. The molecule has 158 valence electrons. The molecule has 1 fully saturated rings. The van der Waals surface area contributed by atoms with Crippen molar-refractivity contribution < 1.29 is 23.4 Å². The van der Waals surface area contributed by atoms with E-state index in [1.54, 1.807) is 24.3 Å². The molecule has 0 N–H and O–H groups in total. The van der Waals surface area contributed by atoms with E-state index >= 15 is 0 Å². The maximum Gasteiger partial charge on any atom is 0.313 e. The molecular formula is C24H26FNO4. The molecule has 1 aliphatic rings. The molecule has 1 saturated carbocycles. The van der Waals surface area contributed by atoms with E-state index in [0.717, 1.165) is 6.42 Å². The van der Waals surface area contributed by atoms with Crippen molar-refractivity contribution in [2.45, 2.75) is 52.4 Å². The molecule has 5 nitrogen and oxygen atoms in total. The highest BCUT2D eigenvalue weighted by Crippen LogP contribution is 2.55. The quantitative estimate of drug-likeness (QED) is 0.532. The molecule has 0 bridgehead atoms. The maximum atomic E-state index is 14.2. The number of hydrogen-bond acceptors (Lipinski definition) is 5. The predicted octanol–water partition coefficient (Wildman–Crippen LogP) is 5.57. The van der Waals surface area contributed by atoms with Crippen molar-refractivity contribution in [2.75, 3.05) is 0 Å². The van der Waals surface area contributed by atoms with Crippen molar-refractivity contribution in [1.82, 2.24) is 0 Å². The number of nitrogens with zero attached hydrogens (tertiary/aromatic N) is 1. The van der Waals surface area contributed by atoms with E-state index in [0.29, 0.717) is 11.3 Å². The third kappa shape index (κ3) is 4.63. The third-order valence-corrected chi connectivity index (χ3v) is 5.52. The molecule has 4 atom stereocenters. The largest absolute Gasteiger partial charge is 0.454 e. The van der Waals surface area contributed by atoms with Gasteiger partial charge in [0.2, 0.25) is 6.10 Å². The zero-order valence-corrected chi connectivity index (χ0v) is 17.6. The zero-order chi connectivity index (χ0) is 21.9. The highest BCUT2D eigenvalue weighted by Gasteiger charge is 2.64. The van der Waals surface area contributed by atoms with Gasteiger partial charge in [-0.05, 0) is 37.6 Å². The number of esters is 1. The smallest absolute Gasteiger partial charge is 0.313 e. The van der Waals surface area contributed by atoms with Crippen LogP contribution in [0.25, 0.3) is 0 Å². The van der Waals surface area contributed by atoms with Gasteiger partial charge in [-0.25, -0.2) is 4.39 Å². The molecule has 0 spiro atoms. The first-order valence-electron chi connectivity index (χ1n) is 10.1. The molecular weight excluding hydrogens is 385 g/mol. The summed E-state index contributed by atoms with van der Waals surface area (Å²) in [6.45, 7) is 7.86. The second kappa shape index (κ2) is 8.85. The van der Waals surface area contributed by atoms with Gasteiger partial charge in [0.05, 0.1) is 18.1 Å². The fourth-order valence-electron chi connectivity index (χ4n) is 3.35. The Morgan fingerprint density at radius 1 is 1.23 bits per heavy atom. The lowest BCUT2D eigenvalue weighted by molar-refractivity contribution is -0.150. The van der Waals surface area contributed by atoms with Gasteiger partial charge in [-0.3, -0.25) is 4.79 Å². The fraction of sp³-hybridized carbons (Fsp3) is 0.417. The Labute approximate surface area is 176 Å². The van der Waals surface area contributed by atoms with Gasteiger partial charge in [0.25, 0.3) is 0 Å². The van der Waals surface area contributed by atoms with E-state index in [2.05, 4.69) is 0 Å². The minimum atomic E-state index is -1.17. The van der Waals surface area contributed by atoms with Crippen molar-refractivity contribution in [3.8, 4) is 17.6 Å². The number of carbonyl (C=O) groups is 1. The molecule has 0 amide bonds. The monoisotopic (exact) mass is 411 g/mol. The summed E-state index contributed by atoms with van der Waals surface area (Å²) < 4.78 is 31.2. The predicted molar refractivity (Wildman–Crippen MR) is 109 cm³/mol. The van der Waals surface area contributed by atoms with Crippen molar-refractivity contribution in [2.24, 2.45) is 11.3 Å². The van der Waals surface area contributed by atoms with Gasteiger partial charge in [-0.2, -0.15) is 5.26 Å². The Bertz CT molecular complexity index is 938. The van der Waals surface area contributed by atoms with Gasteiger partial charge < -0.3 is 14.2 Å². The Hall–Kier alpha value is -2.91. The molecule has 0 aliphatic heterocycles. The first kappa shape index (κ1) is 21.8. The number of para-hydroxylation sites is 1. The van der Waals surface area contributed by atoms with E-state index in [9.17, 15) is 14.4 Å². The highest BCUT2D eigenvalue weighted by molar-refractivity contribution is 5.79. The van der Waals surface area contributed by atoms with Crippen LogP contribution in [0.15, 0.2) is 48.5 Å². The van der Waals surface area contributed by atoms with Gasteiger partial charge in [0.15, 0.2) is 11.6 Å². The van der Waals surface area contributed by atoms with Crippen LogP contribution >= 0.6 is 0 Å². The van der Waals surface area contributed by atoms with Crippen LogP contribution in [-0.4, -0.2) is 18.2 Å². The molecule has 30 heavy (non-hydrogen) atoms. The molecule has 2 aromatic rings. The van der Waals surface area contributed by atoms with E-state index in [-0.39, 0.29) is 23.4 Å². The van der Waals surface area contributed by atoms with E-state index < -0.39 is 23.8 Å². The van der Waals surface area contributed by atoms with Crippen LogP contribution in [0.5, 0.6) is 11.5 Å². The van der Waals surface area contributed by atoms with Crippen molar-refractivity contribution in [1.29, 1.82) is 5.26 Å². The van der Waals surface area contributed by atoms with Gasteiger partial charge in [0, 0.05) is 11.0 Å². The van der Waals surface area contributed by atoms with Crippen LogP contribution in [0.4, 0.5) is 4.39 Å². The summed E-state index contributed by atoms with van der Waals surface area (Å²) in [5.41, 5.74) is -0.0127. The minimum Gasteiger partial charge on any atom is -0.454 e. The molecule has 3 rings (SSSR count). The summed E-state index contributed by atoms with van der Waals surface area (Å²) in [6, 6.07) is 14.7. The number of rotatable bonds is 8. The maximum absolute atomic E-state index is 14.2. The van der Waals surface area contributed by atoms with Gasteiger partial charge >= 0.3 is 5.97 Å². The Morgan fingerprint density at radius 2 is 1.93 bits per heavy atom. The average molecular weight is 411 g/mol. The van der Waals surface area contributed by atoms with Crippen LogP contribution in [0.1, 0.15) is 45.8 Å². The first-order valence-corrected chi connectivity index (χ1v) is 10.1. The van der Waals surface area contributed by atoms with E-state index in [1.807, 2.05) is 39.8 Å². The molecule has 0 aromatic heterocycles. The lowest BCUT2D eigenvalue weighted by Gasteiger charge is -2.14. The molecule has 0 saturated heterocycles. The number of nitriles is 1. The number of halogens is 1. The van der Waals surface area contributed by atoms with Gasteiger partial charge in [-0.15, -0.1) is 0 Å². The molecule has 0 heterocycles. The standard InChI is InChI=1S/C24H26FNO4/c1-5-15(2)28-22-21(24(22,3)4)23(27)30-20(14-26)16-11-12-18(25)19(13-16)29-17-9-7-6-8-10-17/h6-13,15,20-22H,5H2,1-4H3. The Morgan fingerprint density at radius 3 is 2.57 bits per heavy atom. The minimum absolute atomic E-state index is 0.0358. The van der Waals surface area contributed by atoms with Crippen LogP contribution in [-0.2, 0) is 14.3 Å². The van der Waals surface area contributed by atoms with Crippen LogP contribution < -0.4 is 4.74 Å². The molecule has 1 aliphatic carbocycles. The summed E-state index contributed by atoms with van der Waals surface area (Å²) in [4.78, 5) is 12.7. The second-order valence-corrected chi connectivity index (χ2v) is 8.13. The zero-order valence-electron chi connectivity index (χ0n) is 17.6. The Kier molecular flexibility index (Phi) is 6.42. The molecule has 2 aromatic carbocycles. The number of carbonyl (C=O) groups excluding carboxylic acids is 1. The summed E-state index contributed by atoms with van der Waals surface area (Å²) >= 11 is 0. The van der Waals surface area contributed by atoms with Crippen molar-refractivity contribution >= 4 is 5.97 Å². The Balaban J connectivity index is 1.73. The topological polar surface area (TPSA) is 68.5 Å². The van der Waals surface area contributed by atoms with E-state index in [4.69, 9.17) is 14.2 Å². The fourth-order valence-corrected chi connectivity index (χ4v) is 3.35. The number of ether oxygens (including phenoxy) is 3. The van der Waals surface area contributed by atoms with Crippen LogP contribution in [0.3, 0.4) is 0 Å². The normalized spacial score (nSPS) is 21.2. The van der Waals surface area contributed by atoms with Crippen molar-refractivity contribution in [3.63, 3.8) is 0 Å². The molecule has 6 heteroatoms. The highest BCUT2D eigenvalue weighted by atomic mass is 19.1. The van der Waals surface area contributed by atoms with Gasteiger partial charge in [-0.1, -0.05) is 45.0 Å². The summed E-state index contributed by atoms with van der Waals surface area (Å²) in [6.07, 6.45) is -0.537. The molecule has 0 radical (unpaired) electrons. The van der Waals surface area contributed by atoms with Crippen LogP contribution in [0.2, 0.25) is 0 Å². The number of benzene rings is 2. The lowest BCUT2D eigenvalue weighted by Crippen LogP contribution is -2.17. The van der Waals surface area contributed by atoms with Crippen LogP contribution in [0, 0.1) is 28.5 Å². The average Bonchev–Trinajstić information content (AvgIpc) is 3.28. The summed E-state index contributed by atoms with van der Waals surface area (Å²) in [5.74, 6) is -1.09. The first-order chi connectivity index (χ1) is 14.3. The molecule has 4 unspecified atom stereocenters. The second-order valence-electron chi connectivity index (χ2n) is 8.13.